The lowest BCUT2D eigenvalue weighted by molar-refractivity contribution is 0.692. The van der Waals surface area contributed by atoms with E-state index in [0.29, 0.717) is 15.6 Å². The van der Waals surface area contributed by atoms with E-state index in [9.17, 15) is 0 Å². The lowest BCUT2D eigenvalue weighted by Gasteiger charge is -2.04. The summed E-state index contributed by atoms with van der Waals surface area (Å²) in [5, 5.41) is 15.2. The Hall–Kier alpha value is -1.15. The van der Waals surface area contributed by atoms with Crippen molar-refractivity contribution in [1.29, 1.82) is 5.26 Å². The molecule has 0 aliphatic rings. The molecule has 0 saturated heterocycles. The highest BCUT2D eigenvalue weighted by Crippen LogP contribution is 2.34. The summed E-state index contributed by atoms with van der Waals surface area (Å²) in [5.41, 5.74) is 1.32. The molecule has 0 aliphatic heterocycles. The van der Waals surface area contributed by atoms with Crippen molar-refractivity contribution < 1.29 is 0 Å². The Morgan fingerprint density at radius 2 is 2.06 bits per heavy atom. The van der Waals surface area contributed by atoms with Gasteiger partial charge >= 0.3 is 0 Å². The summed E-state index contributed by atoms with van der Waals surface area (Å²) in [6.07, 6.45) is 0. The van der Waals surface area contributed by atoms with Crippen LogP contribution >= 0.6 is 35.0 Å². The number of aryl methyl sites for hydroxylation is 2. The summed E-state index contributed by atoms with van der Waals surface area (Å²) < 4.78 is 1.70. The minimum atomic E-state index is 0.499. The van der Waals surface area contributed by atoms with Crippen molar-refractivity contribution in [3.05, 3.63) is 39.5 Å². The maximum absolute atomic E-state index is 9.13. The molecule has 2 aromatic rings. The number of benzene rings is 1. The van der Waals surface area contributed by atoms with Crippen molar-refractivity contribution >= 4 is 35.0 Å². The van der Waals surface area contributed by atoms with E-state index in [1.807, 2.05) is 20.0 Å². The Balaban J connectivity index is 2.40. The highest BCUT2D eigenvalue weighted by Gasteiger charge is 2.14. The van der Waals surface area contributed by atoms with E-state index in [-0.39, 0.29) is 0 Å². The second kappa shape index (κ2) is 5.23. The number of nitrogens with zero attached hydrogens (tertiary/aromatic N) is 3. The van der Waals surface area contributed by atoms with Gasteiger partial charge in [0.2, 0.25) is 0 Å². The number of aromatic nitrogens is 2. The van der Waals surface area contributed by atoms with Crippen LogP contribution in [-0.4, -0.2) is 9.78 Å². The molecule has 6 heteroatoms. The summed E-state index contributed by atoms with van der Waals surface area (Å²) in [5.74, 6) is 0. The molecule has 2 rings (SSSR count). The maximum atomic E-state index is 9.13. The van der Waals surface area contributed by atoms with Gasteiger partial charge in [-0.15, -0.1) is 0 Å². The summed E-state index contributed by atoms with van der Waals surface area (Å²) in [6, 6.07) is 7.54. The van der Waals surface area contributed by atoms with Crippen LogP contribution in [0, 0.1) is 18.3 Å². The lowest BCUT2D eigenvalue weighted by Crippen LogP contribution is -1.92. The van der Waals surface area contributed by atoms with Gasteiger partial charge in [0.25, 0.3) is 0 Å². The Bertz CT molecular complexity index is 644. The minimum Gasteiger partial charge on any atom is -0.260 e. The monoisotopic (exact) mass is 297 g/mol. The van der Waals surface area contributed by atoms with Gasteiger partial charge in [0.1, 0.15) is 16.7 Å². The van der Waals surface area contributed by atoms with Gasteiger partial charge in [-0.25, -0.2) is 0 Å². The zero-order valence-electron chi connectivity index (χ0n) is 9.74. The SMILES string of the molecule is Cc1nn(C)c(Sc2ccc(Cl)c(Cl)c2)c1C#N. The normalized spacial score (nSPS) is 10.4. The van der Waals surface area contributed by atoms with E-state index >= 15 is 0 Å². The molecule has 0 N–H and O–H groups in total. The Kier molecular flexibility index (Phi) is 3.86. The van der Waals surface area contributed by atoms with Gasteiger partial charge in [-0.05, 0) is 25.1 Å². The standard InChI is InChI=1S/C12H9Cl2N3S/c1-7-9(6-15)12(17(2)16-7)18-8-3-4-10(13)11(14)5-8/h3-5H,1-2H3. The van der Waals surface area contributed by atoms with Crippen LogP contribution in [0.5, 0.6) is 0 Å². The van der Waals surface area contributed by atoms with Gasteiger partial charge in [0, 0.05) is 11.9 Å². The van der Waals surface area contributed by atoms with Crippen molar-refractivity contribution in [2.45, 2.75) is 16.8 Å². The predicted molar refractivity (Wildman–Crippen MR) is 73.2 cm³/mol. The molecule has 3 nitrogen and oxygen atoms in total. The first kappa shape index (κ1) is 13.3. The van der Waals surface area contributed by atoms with Crippen molar-refractivity contribution in [3.63, 3.8) is 0 Å². The fourth-order valence-corrected chi connectivity index (χ4v) is 2.90. The molecule has 0 saturated carbocycles. The molecule has 0 aliphatic carbocycles. The lowest BCUT2D eigenvalue weighted by atomic mass is 10.3. The van der Waals surface area contributed by atoms with E-state index in [2.05, 4.69) is 11.2 Å². The highest BCUT2D eigenvalue weighted by molar-refractivity contribution is 7.99. The van der Waals surface area contributed by atoms with Crippen LogP contribution in [-0.2, 0) is 7.05 Å². The first-order chi connectivity index (χ1) is 8.52. The third kappa shape index (κ3) is 2.49. The summed E-state index contributed by atoms with van der Waals surface area (Å²) in [7, 11) is 1.81. The van der Waals surface area contributed by atoms with Crippen LogP contribution in [0.3, 0.4) is 0 Å². The molecule has 18 heavy (non-hydrogen) atoms. The average molecular weight is 298 g/mol. The number of hydrogen-bond donors (Lipinski definition) is 0. The van der Waals surface area contributed by atoms with Crippen LogP contribution in [0.2, 0.25) is 10.0 Å². The Labute approximate surface area is 119 Å². The Morgan fingerprint density at radius 1 is 1.33 bits per heavy atom. The molecule has 0 bridgehead atoms. The predicted octanol–water partition coefficient (Wildman–Crippen LogP) is 4.06. The van der Waals surface area contributed by atoms with Gasteiger partial charge in [0.05, 0.1) is 15.7 Å². The van der Waals surface area contributed by atoms with E-state index in [4.69, 9.17) is 28.5 Å². The van der Waals surface area contributed by atoms with Gasteiger partial charge in [-0.3, -0.25) is 4.68 Å². The molecular formula is C12H9Cl2N3S. The smallest absolute Gasteiger partial charge is 0.117 e. The van der Waals surface area contributed by atoms with Gasteiger partial charge in [-0.2, -0.15) is 10.4 Å². The molecule has 92 valence electrons. The van der Waals surface area contributed by atoms with E-state index in [0.717, 1.165) is 15.6 Å². The number of rotatable bonds is 2. The quantitative estimate of drug-likeness (QED) is 0.839. The van der Waals surface area contributed by atoms with Gasteiger partial charge < -0.3 is 0 Å². The fraction of sp³-hybridized carbons (Fsp3) is 0.167. The highest BCUT2D eigenvalue weighted by atomic mass is 35.5. The van der Waals surface area contributed by atoms with E-state index in [1.165, 1.54) is 11.8 Å². The first-order valence-corrected chi connectivity index (χ1v) is 6.66. The molecule has 0 spiro atoms. The third-order valence-corrected chi connectivity index (χ3v) is 4.28. The van der Waals surface area contributed by atoms with E-state index in [1.54, 1.807) is 16.8 Å². The molecule has 1 aromatic heterocycles. The maximum Gasteiger partial charge on any atom is 0.117 e. The molecule has 0 unspecified atom stereocenters. The van der Waals surface area contributed by atoms with Crippen molar-refractivity contribution in [3.8, 4) is 6.07 Å². The van der Waals surface area contributed by atoms with Gasteiger partial charge in [0.15, 0.2) is 0 Å². The minimum absolute atomic E-state index is 0.499. The van der Waals surface area contributed by atoms with Crippen LogP contribution in [0.4, 0.5) is 0 Å². The molecule has 0 amide bonds. The molecule has 0 fully saturated rings. The zero-order valence-corrected chi connectivity index (χ0v) is 12.1. The second-order valence-electron chi connectivity index (χ2n) is 3.68. The largest absolute Gasteiger partial charge is 0.260 e. The van der Waals surface area contributed by atoms with Crippen molar-refractivity contribution in [1.82, 2.24) is 9.78 Å². The Morgan fingerprint density at radius 3 is 2.67 bits per heavy atom. The summed E-state index contributed by atoms with van der Waals surface area (Å²) in [4.78, 5) is 0.920. The van der Waals surface area contributed by atoms with Crippen LogP contribution in [0.1, 0.15) is 11.3 Å². The van der Waals surface area contributed by atoms with Crippen LogP contribution in [0.15, 0.2) is 28.1 Å². The third-order valence-electron chi connectivity index (χ3n) is 2.39. The molecule has 0 radical (unpaired) electrons. The van der Waals surface area contributed by atoms with Crippen molar-refractivity contribution in [2.24, 2.45) is 7.05 Å². The topological polar surface area (TPSA) is 41.6 Å². The zero-order chi connectivity index (χ0) is 13.3. The van der Waals surface area contributed by atoms with Crippen molar-refractivity contribution in [2.75, 3.05) is 0 Å². The summed E-state index contributed by atoms with van der Waals surface area (Å²) in [6.45, 7) is 1.82. The van der Waals surface area contributed by atoms with E-state index < -0.39 is 0 Å². The van der Waals surface area contributed by atoms with Gasteiger partial charge in [-0.1, -0.05) is 35.0 Å². The fourth-order valence-electron chi connectivity index (χ4n) is 1.53. The van der Waals surface area contributed by atoms with Crippen LogP contribution < -0.4 is 0 Å². The number of hydrogen-bond acceptors (Lipinski definition) is 3. The second-order valence-corrected chi connectivity index (χ2v) is 5.56. The molecule has 0 atom stereocenters. The number of nitriles is 1. The first-order valence-electron chi connectivity index (χ1n) is 5.09. The number of halogens is 2. The summed E-state index contributed by atoms with van der Waals surface area (Å²) >= 11 is 13.3. The molecule has 1 heterocycles. The average Bonchev–Trinajstić information content (AvgIpc) is 2.58. The van der Waals surface area contributed by atoms with Crippen LogP contribution in [0.25, 0.3) is 0 Å². The molecular weight excluding hydrogens is 289 g/mol. The molecule has 1 aromatic carbocycles.